The Morgan fingerprint density at radius 1 is 1.28 bits per heavy atom. The first-order valence-electron chi connectivity index (χ1n) is 10.6. The first-order chi connectivity index (χ1) is 14.2. The molecule has 1 aliphatic carbocycles. The second kappa shape index (κ2) is 12.7. The molecule has 1 fully saturated rings. The number of nitrogens with one attached hydrogen (secondary N) is 1. The first kappa shape index (κ1) is 22.5. The Hall–Kier alpha value is -2.75. The average molecular weight is 392 g/mol. The van der Waals surface area contributed by atoms with Crippen LogP contribution in [-0.4, -0.2) is 28.2 Å². The average Bonchev–Trinajstić information content (AvgIpc) is 2.76. The molecule has 0 aromatic carbocycles. The molecule has 1 aliphatic rings. The highest BCUT2D eigenvalue weighted by atomic mass is 16.2. The van der Waals surface area contributed by atoms with Gasteiger partial charge in [-0.2, -0.15) is 0 Å². The van der Waals surface area contributed by atoms with Gasteiger partial charge in [-0.05, 0) is 56.0 Å². The summed E-state index contributed by atoms with van der Waals surface area (Å²) < 4.78 is 0. The Balaban J connectivity index is 2.34. The predicted octanol–water partition coefficient (Wildman–Crippen LogP) is 5.79. The van der Waals surface area contributed by atoms with Crippen LogP contribution in [0.2, 0.25) is 0 Å². The number of aromatic nitrogens is 1. The Bertz CT molecular complexity index is 769. The minimum atomic E-state index is -0.103. The van der Waals surface area contributed by atoms with Crippen LogP contribution < -0.4 is 0 Å². The molecule has 2 rings (SSSR count). The molecule has 1 saturated carbocycles. The molecule has 154 valence electrons. The van der Waals surface area contributed by atoms with E-state index in [9.17, 15) is 4.79 Å². The van der Waals surface area contributed by atoms with E-state index in [-0.39, 0.29) is 11.9 Å². The fourth-order valence-electron chi connectivity index (χ4n) is 3.56. The smallest absolute Gasteiger partial charge is 0.259 e. The zero-order valence-electron chi connectivity index (χ0n) is 17.7. The highest BCUT2D eigenvalue weighted by Gasteiger charge is 2.25. The summed E-state index contributed by atoms with van der Waals surface area (Å²) in [5, 5.41) is 7.86. The third-order valence-electron chi connectivity index (χ3n) is 5.08. The van der Waals surface area contributed by atoms with Gasteiger partial charge in [-0.25, -0.2) is 0 Å². The van der Waals surface area contributed by atoms with E-state index in [4.69, 9.17) is 5.41 Å². The second-order valence-electron chi connectivity index (χ2n) is 7.31. The van der Waals surface area contributed by atoms with Gasteiger partial charge in [0.1, 0.15) is 0 Å². The third kappa shape index (κ3) is 7.30. The minimum Gasteiger partial charge on any atom is -0.296 e. The van der Waals surface area contributed by atoms with Crippen molar-refractivity contribution in [3.05, 3.63) is 77.7 Å². The van der Waals surface area contributed by atoms with Gasteiger partial charge in [0.05, 0.1) is 6.34 Å². The summed E-state index contributed by atoms with van der Waals surface area (Å²) in [6.45, 7) is 4.03. The summed E-state index contributed by atoms with van der Waals surface area (Å²) in [5.74, 6) is -0.103. The maximum atomic E-state index is 13.3. The van der Waals surface area contributed by atoms with Crippen molar-refractivity contribution >= 4 is 12.2 Å². The van der Waals surface area contributed by atoms with Crippen LogP contribution in [0.15, 0.2) is 72.0 Å². The van der Waals surface area contributed by atoms with E-state index in [1.165, 1.54) is 12.8 Å². The summed E-state index contributed by atoms with van der Waals surface area (Å²) in [7, 11) is 0. The van der Waals surface area contributed by atoms with Crippen molar-refractivity contribution in [2.24, 2.45) is 0 Å². The van der Waals surface area contributed by atoms with Crippen molar-refractivity contribution in [2.45, 2.75) is 64.8 Å². The Morgan fingerprint density at radius 2 is 2.07 bits per heavy atom. The molecule has 1 amide bonds. The monoisotopic (exact) mass is 391 g/mol. The lowest BCUT2D eigenvalue weighted by Crippen LogP contribution is -2.40. The maximum Gasteiger partial charge on any atom is 0.259 e. The molecule has 0 radical (unpaired) electrons. The fraction of sp³-hybridized carbons (Fsp3) is 0.400. The summed E-state index contributed by atoms with van der Waals surface area (Å²) in [6.07, 6.45) is 21.7. The zero-order valence-corrected chi connectivity index (χ0v) is 17.7. The van der Waals surface area contributed by atoms with E-state index in [0.717, 1.165) is 43.4 Å². The third-order valence-corrected chi connectivity index (χ3v) is 5.08. The number of hydrogen-bond acceptors (Lipinski definition) is 3. The van der Waals surface area contributed by atoms with Gasteiger partial charge in [-0.1, -0.05) is 56.6 Å². The molecular formula is C25H33N3O. The van der Waals surface area contributed by atoms with Crippen LogP contribution in [0, 0.1) is 5.41 Å². The molecule has 0 aliphatic heterocycles. The number of rotatable bonds is 9. The minimum absolute atomic E-state index is 0.103. The molecule has 1 heterocycles. The van der Waals surface area contributed by atoms with Gasteiger partial charge in [0.15, 0.2) is 0 Å². The zero-order chi connectivity index (χ0) is 20.9. The van der Waals surface area contributed by atoms with Crippen LogP contribution in [0.3, 0.4) is 0 Å². The van der Waals surface area contributed by atoms with Gasteiger partial charge in [-0.15, -0.1) is 0 Å². The molecule has 29 heavy (non-hydrogen) atoms. The topological polar surface area (TPSA) is 57.1 Å². The molecule has 1 N–H and O–H groups in total. The van der Waals surface area contributed by atoms with Gasteiger partial charge in [0, 0.05) is 29.9 Å². The van der Waals surface area contributed by atoms with Gasteiger partial charge < -0.3 is 0 Å². The Morgan fingerprint density at radius 3 is 2.69 bits per heavy atom. The number of allylic oxidation sites excluding steroid dienone is 6. The molecular weight excluding hydrogens is 358 g/mol. The number of carbonyl (C=O) groups excluding carboxylic acids is 1. The summed E-state index contributed by atoms with van der Waals surface area (Å²) >= 11 is 0. The Kier molecular flexibility index (Phi) is 9.84. The highest BCUT2D eigenvalue weighted by Crippen LogP contribution is 2.24. The molecule has 1 aromatic heterocycles. The van der Waals surface area contributed by atoms with Crippen LogP contribution in [0.25, 0.3) is 0 Å². The van der Waals surface area contributed by atoms with E-state index in [1.807, 2.05) is 49.4 Å². The summed E-state index contributed by atoms with van der Waals surface area (Å²) in [5.41, 5.74) is 2.60. The highest BCUT2D eigenvalue weighted by molar-refractivity contribution is 6.02. The van der Waals surface area contributed by atoms with E-state index in [0.29, 0.717) is 12.0 Å². The lowest BCUT2D eigenvalue weighted by Gasteiger charge is -2.31. The number of pyridine rings is 1. The number of nitrogens with zero attached hydrogens (tertiary/aromatic N) is 2. The molecule has 1 aromatic rings. The van der Waals surface area contributed by atoms with Crippen molar-refractivity contribution in [1.29, 1.82) is 5.41 Å². The maximum absolute atomic E-state index is 13.3. The van der Waals surface area contributed by atoms with E-state index >= 15 is 0 Å². The quantitative estimate of drug-likeness (QED) is 0.251. The van der Waals surface area contributed by atoms with Crippen molar-refractivity contribution in [2.75, 3.05) is 0 Å². The van der Waals surface area contributed by atoms with Crippen molar-refractivity contribution < 1.29 is 4.79 Å². The second-order valence-corrected chi connectivity index (χ2v) is 7.31. The molecule has 4 nitrogen and oxygen atoms in total. The molecule has 0 saturated heterocycles. The first-order valence-corrected chi connectivity index (χ1v) is 10.6. The number of hydrogen-bond donors (Lipinski definition) is 1. The SMILES string of the molecule is C/C=C/C=C(\C=C(/C=C/CC)Cc1ccccn1)C(=O)N(C=N)C1CCCCC1. The van der Waals surface area contributed by atoms with E-state index in [2.05, 4.69) is 24.1 Å². The number of amides is 1. The molecule has 0 spiro atoms. The molecule has 0 unspecified atom stereocenters. The molecule has 4 heteroatoms. The largest absolute Gasteiger partial charge is 0.296 e. The van der Waals surface area contributed by atoms with Crippen LogP contribution >= 0.6 is 0 Å². The van der Waals surface area contributed by atoms with Crippen molar-refractivity contribution in [3.63, 3.8) is 0 Å². The van der Waals surface area contributed by atoms with Gasteiger partial charge >= 0.3 is 0 Å². The van der Waals surface area contributed by atoms with Gasteiger partial charge in [0.2, 0.25) is 0 Å². The lowest BCUT2D eigenvalue weighted by molar-refractivity contribution is -0.124. The van der Waals surface area contributed by atoms with Gasteiger partial charge in [-0.3, -0.25) is 20.1 Å². The van der Waals surface area contributed by atoms with E-state index < -0.39 is 0 Å². The van der Waals surface area contributed by atoms with E-state index in [1.54, 1.807) is 11.1 Å². The fourth-order valence-corrected chi connectivity index (χ4v) is 3.56. The normalized spacial score (nSPS) is 16.5. The van der Waals surface area contributed by atoms with Crippen molar-refractivity contribution in [3.8, 4) is 0 Å². The Labute approximate surface area is 175 Å². The van der Waals surface area contributed by atoms with Crippen LogP contribution in [0.5, 0.6) is 0 Å². The summed E-state index contributed by atoms with van der Waals surface area (Å²) in [4.78, 5) is 19.4. The van der Waals surface area contributed by atoms with Gasteiger partial charge in [0.25, 0.3) is 5.91 Å². The van der Waals surface area contributed by atoms with Crippen LogP contribution in [0.4, 0.5) is 0 Å². The van der Waals surface area contributed by atoms with Crippen molar-refractivity contribution in [1.82, 2.24) is 9.88 Å². The van der Waals surface area contributed by atoms with Crippen LogP contribution in [-0.2, 0) is 11.2 Å². The lowest BCUT2D eigenvalue weighted by atomic mass is 9.93. The number of carbonyl (C=O) groups is 1. The standard InChI is InChI=1S/C25H33N3O/c1-3-5-12-21(19-23-14-10-11-17-27-23)18-22(13-6-4-2)25(29)28(20-26)24-15-8-7-9-16-24/h4-6,10-14,17-18,20,24,26H,3,7-9,15-16,19H2,1-2H3/b6-4+,12-5+,21-18+,22-13+,26-20?. The molecule has 0 atom stereocenters. The summed E-state index contributed by atoms with van der Waals surface area (Å²) in [6, 6.07) is 6.01. The predicted molar refractivity (Wildman–Crippen MR) is 121 cm³/mol. The molecule has 0 bridgehead atoms. The van der Waals surface area contributed by atoms with Crippen LogP contribution in [0.1, 0.15) is 58.1 Å².